The van der Waals surface area contributed by atoms with E-state index in [4.69, 9.17) is 0 Å². The molecule has 0 unspecified atom stereocenters. The number of amides is 1. The number of nitrogens with zero attached hydrogens (tertiary/aromatic N) is 2. The molecule has 1 fully saturated rings. The summed E-state index contributed by atoms with van der Waals surface area (Å²) < 4.78 is 0. The number of likely N-dealkylation sites (N-methyl/N-ethyl adjacent to an activating group) is 1. The van der Waals surface area contributed by atoms with Crippen molar-refractivity contribution < 1.29 is 4.79 Å². The van der Waals surface area contributed by atoms with Gasteiger partial charge in [-0.15, -0.1) is 0 Å². The third kappa shape index (κ3) is 3.32. The number of carbonyl (C=O) groups is 1. The van der Waals surface area contributed by atoms with Crippen molar-refractivity contribution in [2.45, 2.75) is 6.42 Å². The van der Waals surface area contributed by atoms with Crippen LogP contribution in [0.25, 0.3) is 0 Å². The molecule has 13 heavy (non-hydrogen) atoms. The predicted molar refractivity (Wildman–Crippen MR) is 52.6 cm³/mol. The molecule has 1 rings (SSSR count). The highest BCUT2D eigenvalue weighted by Crippen LogP contribution is 2.00. The maximum absolute atomic E-state index is 11.3. The summed E-state index contributed by atoms with van der Waals surface area (Å²) in [6, 6.07) is 0. The maximum Gasteiger partial charge on any atom is 0.236 e. The first kappa shape index (κ1) is 10.5. The molecule has 0 radical (unpaired) electrons. The Morgan fingerprint density at radius 1 is 1.46 bits per heavy atom. The van der Waals surface area contributed by atoms with Gasteiger partial charge in [-0.25, -0.2) is 0 Å². The first-order valence-corrected chi connectivity index (χ1v) is 4.85. The summed E-state index contributed by atoms with van der Waals surface area (Å²) in [6.45, 7) is 4.55. The van der Waals surface area contributed by atoms with Gasteiger partial charge in [0.15, 0.2) is 0 Å². The Bertz CT molecular complexity index is 172. The zero-order valence-electron chi connectivity index (χ0n) is 8.55. The van der Waals surface area contributed by atoms with Gasteiger partial charge in [-0.05, 0) is 26.6 Å². The van der Waals surface area contributed by atoms with Gasteiger partial charge in [0.2, 0.25) is 5.91 Å². The summed E-state index contributed by atoms with van der Waals surface area (Å²) in [5.41, 5.74) is 0. The summed E-state index contributed by atoms with van der Waals surface area (Å²) in [7, 11) is 3.82. The van der Waals surface area contributed by atoms with Crippen molar-refractivity contribution in [2.75, 3.05) is 46.8 Å². The van der Waals surface area contributed by atoms with Crippen LogP contribution in [0.4, 0.5) is 0 Å². The summed E-state index contributed by atoms with van der Waals surface area (Å²) >= 11 is 0. The molecular weight excluding hydrogens is 166 g/mol. The Labute approximate surface area is 79.9 Å². The van der Waals surface area contributed by atoms with E-state index in [9.17, 15) is 4.79 Å². The fourth-order valence-electron chi connectivity index (χ4n) is 1.48. The summed E-state index contributed by atoms with van der Waals surface area (Å²) in [5.74, 6) is 0.246. The lowest BCUT2D eigenvalue weighted by molar-refractivity contribution is -0.134. The van der Waals surface area contributed by atoms with Crippen LogP contribution in [-0.4, -0.2) is 62.5 Å². The molecule has 0 atom stereocenters. The van der Waals surface area contributed by atoms with Crippen LogP contribution in [0, 0.1) is 0 Å². The first-order chi connectivity index (χ1) is 6.24. The standard InChI is InChI=1S/C9H19N3O/c1-10-4-3-5-12-7-6-11(2)9(13)8-12/h10H,3-8H2,1-2H3. The third-order valence-corrected chi connectivity index (χ3v) is 2.44. The number of carbonyl (C=O) groups excluding carboxylic acids is 1. The molecule has 4 heteroatoms. The van der Waals surface area contributed by atoms with Crippen LogP contribution in [0.5, 0.6) is 0 Å². The molecule has 4 nitrogen and oxygen atoms in total. The van der Waals surface area contributed by atoms with Crippen molar-refractivity contribution in [2.24, 2.45) is 0 Å². The molecule has 0 aromatic heterocycles. The van der Waals surface area contributed by atoms with Gasteiger partial charge >= 0.3 is 0 Å². The molecule has 1 amide bonds. The lowest BCUT2D eigenvalue weighted by atomic mass is 10.3. The van der Waals surface area contributed by atoms with Crippen LogP contribution in [0.15, 0.2) is 0 Å². The zero-order chi connectivity index (χ0) is 9.68. The highest BCUT2D eigenvalue weighted by molar-refractivity contribution is 5.78. The predicted octanol–water partition coefficient (Wildman–Crippen LogP) is -0.630. The normalized spacial score (nSPS) is 19.5. The van der Waals surface area contributed by atoms with Crippen LogP contribution < -0.4 is 5.32 Å². The molecule has 76 valence electrons. The van der Waals surface area contributed by atoms with Gasteiger partial charge in [0.25, 0.3) is 0 Å². The van der Waals surface area contributed by atoms with Crippen molar-refractivity contribution in [3.63, 3.8) is 0 Å². The highest BCUT2D eigenvalue weighted by Gasteiger charge is 2.19. The minimum Gasteiger partial charge on any atom is -0.343 e. The van der Waals surface area contributed by atoms with E-state index in [1.54, 1.807) is 4.90 Å². The average Bonchev–Trinajstić information content (AvgIpc) is 2.12. The Kier molecular flexibility index (Phi) is 4.18. The molecule has 0 aromatic carbocycles. The number of piperazine rings is 1. The number of nitrogens with one attached hydrogen (secondary N) is 1. The molecule has 0 bridgehead atoms. The number of rotatable bonds is 4. The molecule has 0 spiro atoms. The average molecular weight is 185 g/mol. The second kappa shape index (κ2) is 5.19. The molecule has 1 N–H and O–H groups in total. The molecule has 1 aliphatic rings. The van der Waals surface area contributed by atoms with E-state index < -0.39 is 0 Å². The minimum atomic E-state index is 0.246. The van der Waals surface area contributed by atoms with Gasteiger partial charge in [-0.1, -0.05) is 0 Å². The maximum atomic E-state index is 11.3. The van der Waals surface area contributed by atoms with Crippen molar-refractivity contribution in [1.29, 1.82) is 0 Å². The second-order valence-electron chi connectivity index (χ2n) is 3.55. The Balaban J connectivity index is 2.18. The lowest BCUT2D eigenvalue weighted by Gasteiger charge is -2.31. The van der Waals surface area contributed by atoms with Gasteiger partial charge in [0.05, 0.1) is 6.54 Å². The van der Waals surface area contributed by atoms with E-state index >= 15 is 0 Å². The third-order valence-electron chi connectivity index (χ3n) is 2.44. The molecular formula is C9H19N3O. The van der Waals surface area contributed by atoms with Crippen molar-refractivity contribution >= 4 is 5.91 Å². The van der Waals surface area contributed by atoms with Gasteiger partial charge < -0.3 is 10.2 Å². The smallest absolute Gasteiger partial charge is 0.236 e. The summed E-state index contributed by atoms with van der Waals surface area (Å²) in [6.07, 6.45) is 1.12. The monoisotopic (exact) mass is 185 g/mol. The van der Waals surface area contributed by atoms with E-state index in [0.717, 1.165) is 32.6 Å². The molecule has 1 saturated heterocycles. The van der Waals surface area contributed by atoms with Gasteiger partial charge in [0.1, 0.15) is 0 Å². The van der Waals surface area contributed by atoms with Gasteiger partial charge in [0, 0.05) is 20.1 Å². The van der Waals surface area contributed by atoms with Crippen LogP contribution in [0.2, 0.25) is 0 Å². The summed E-state index contributed by atoms with van der Waals surface area (Å²) in [5, 5.41) is 3.11. The van der Waals surface area contributed by atoms with Crippen LogP contribution in [0.1, 0.15) is 6.42 Å². The Hall–Kier alpha value is -0.610. The van der Waals surface area contributed by atoms with E-state index in [1.807, 2.05) is 14.1 Å². The topological polar surface area (TPSA) is 35.6 Å². The summed E-state index contributed by atoms with van der Waals surface area (Å²) in [4.78, 5) is 15.3. The fraction of sp³-hybridized carbons (Fsp3) is 0.889. The van der Waals surface area contributed by atoms with E-state index in [1.165, 1.54) is 0 Å². The minimum absolute atomic E-state index is 0.246. The van der Waals surface area contributed by atoms with Crippen LogP contribution in [0.3, 0.4) is 0 Å². The molecule has 1 heterocycles. The van der Waals surface area contributed by atoms with Crippen molar-refractivity contribution in [1.82, 2.24) is 15.1 Å². The number of hydrogen-bond donors (Lipinski definition) is 1. The largest absolute Gasteiger partial charge is 0.343 e. The van der Waals surface area contributed by atoms with E-state index in [2.05, 4.69) is 10.2 Å². The quantitative estimate of drug-likeness (QED) is 0.592. The molecule has 0 aliphatic carbocycles. The van der Waals surface area contributed by atoms with Crippen molar-refractivity contribution in [3.8, 4) is 0 Å². The molecule has 0 aromatic rings. The fourth-order valence-corrected chi connectivity index (χ4v) is 1.48. The SMILES string of the molecule is CNCCCN1CCN(C)C(=O)C1. The second-order valence-corrected chi connectivity index (χ2v) is 3.55. The van der Waals surface area contributed by atoms with Gasteiger partial charge in [-0.3, -0.25) is 9.69 Å². The van der Waals surface area contributed by atoms with E-state index in [-0.39, 0.29) is 5.91 Å². The van der Waals surface area contributed by atoms with Crippen LogP contribution >= 0.6 is 0 Å². The van der Waals surface area contributed by atoms with Gasteiger partial charge in [-0.2, -0.15) is 0 Å². The van der Waals surface area contributed by atoms with Crippen molar-refractivity contribution in [3.05, 3.63) is 0 Å². The Morgan fingerprint density at radius 3 is 2.85 bits per heavy atom. The number of hydrogen-bond acceptors (Lipinski definition) is 3. The lowest BCUT2D eigenvalue weighted by Crippen LogP contribution is -2.48. The van der Waals surface area contributed by atoms with Crippen LogP contribution in [-0.2, 0) is 4.79 Å². The molecule has 1 aliphatic heterocycles. The first-order valence-electron chi connectivity index (χ1n) is 4.85. The zero-order valence-corrected chi connectivity index (χ0v) is 8.55. The molecule has 0 saturated carbocycles. The Morgan fingerprint density at radius 2 is 2.23 bits per heavy atom. The highest BCUT2D eigenvalue weighted by atomic mass is 16.2. The van der Waals surface area contributed by atoms with E-state index in [0.29, 0.717) is 6.54 Å².